The highest BCUT2D eigenvalue weighted by Crippen LogP contribution is 2.16. The van der Waals surface area contributed by atoms with Crippen LogP contribution in [0.4, 0.5) is 0 Å². The van der Waals surface area contributed by atoms with Gasteiger partial charge in [0, 0.05) is 24.8 Å². The molecular formula is C15H18ClNO4. The fourth-order valence-electron chi connectivity index (χ4n) is 1.48. The molecule has 0 saturated carbocycles. The minimum absolute atomic E-state index is 0.228. The van der Waals surface area contributed by atoms with E-state index in [1.54, 1.807) is 25.3 Å². The summed E-state index contributed by atoms with van der Waals surface area (Å²) in [5, 5.41) is 11.7. The first-order chi connectivity index (χ1) is 10.2. The van der Waals surface area contributed by atoms with Crippen LogP contribution in [0.1, 0.15) is 15.9 Å². The second-order valence-electron chi connectivity index (χ2n) is 4.02. The number of aliphatic hydroxyl groups excluding tert-OH is 1. The summed E-state index contributed by atoms with van der Waals surface area (Å²) < 4.78 is 10.1. The number of rotatable bonds is 7. The maximum atomic E-state index is 11.9. The number of hydrogen-bond acceptors (Lipinski definition) is 4. The number of carbonyl (C=O) groups is 1. The Kier molecular flexibility index (Phi) is 8.48. The molecule has 21 heavy (non-hydrogen) atoms. The highest BCUT2D eigenvalue weighted by molar-refractivity contribution is 6.32. The van der Waals surface area contributed by atoms with E-state index in [1.807, 2.05) is 0 Å². The number of nitrogens with one attached hydrogen (secondary N) is 1. The molecule has 6 heteroatoms. The van der Waals surface area contributed by atoms with Gasteiger partial charge in [-0.3, -0.25) is 4.79 Å². The molecule has 114 valence electrons. The normalized spacial score (nSPS) is 9.86. The minimum atomic E-state index is -0.234. The van der Waals surface area contributed by atoms with Gasteiger partial charge in [-0.05, 0) is 18.2 Å². The average Bonchev–Trinajstić information content (AvgIpc) is 2.49. The van der Waals surface area contributed by atoms with E-state index in [1.165, 1.54) is 0 Å². The maximum absolute atomic E-state index is 11.9. The summed E-state index contributed by atoms with van der Waals surface area (Å²) in [6, 6.07) is 4.83. The lowest BCUT2D eigenvalue weighted by Crippen LogP contribution is -2.27. The SMILES string of the molecule is COCCOCCNC(=O)c1ccc(C#CCO)c(Cl)c1. The van der Waals surface area contributed by atoms with E-state index in [0.29, 0.717) is 42.5 Å². The van der Waals surface area contributed by atoms with E-state index in [4.69, 9.17) is 26.2 Å². The van der Waals surface area contributed by atoms with Gasteiger partial charge in [-0.25, -0.2) is 0 Å². The third-order valence-corrected chi connectivity index (χ3v) is 2.81. The van der Waals surface area contributed by atoms with E-state index < -0.39 is 0 Å². The largest absolute Gasteiger partial charge is 0.384 e. The average molecular weight is 312 g/mol. The molecule has 0 aliphatic rings. The summed E-state index contributed by atoms with van der Waals surface area (Å²) in [7, 11) is 1.60. The monoisotopic (exact) mass is 311 g/mol. The van der Waals surface area contributed by atoms with Crippen LogP contribution in [-0.4, -0.2) is 51.1 Å². The number of aliphatic hydroxyl groups is 1. The third kappa shape index (κ3) is 6.61. The molecule has 2 N–H and O–H groups in total. The number of hydrogen-bond donors (Lipinski definition) is 2. The molecule has 0 atom stereocenters. The molecule has 0 aliphatic carbocycles. The molecule has 1 rings (SSSR count). The molecule has 0 fully saturated rings. The van der Waals surface area contributed by atoms with E-state index in [0.717, 1.165) is 0 Å². The number of carbonyl (C=O) groups excluding carboxylic acids is 1. The van der Waals surface area contributed by atoms with Crippen LogP contribution < -0.4 is 5.32 Å². The first kappa shape index (κ1) is 17.5. The Labute approximate surface area is 129 Å². The fourth-order valence-corrected chi connectivity index (χ4v) is 1.70. The predicted molar refractivity (Wildman–Crippen MR) is 80.4 cm³/mol. The predicted octanol–water partition coefficient (Wildman–Crippen LogP) is 1.08. The second kappa shape index (κ2) is 10.2. The molecule has 0 heterocycles. The molecule has 1 aromatic carbocycles. The van der Waals surface area contributed by atoms with Crippen molar-refractivity contribution in [3.8, 4) is 11.8 Å². The summed E-state index contributed by atoms with van der Waals surface area (Å²) >= 11 is 6.03. The Morgan fingerprint density at radius 3 is 2.86 bits per heavy atom. The van der Waals surface area contributed by atoms with Crippen LogP contribution in [0.5, 0.6) is 0 Å². The fraction of sp³-hybridized carbons (Fsp3) is 0.400. The zero-order valence-electron chi connectivity index (χ0n) is 11.8. The Bertz CT molecular complexity index is 522. The Hall–Kier alpha value is -1.58. The number of ether oxygens (including phenoxy) is 2. The van der Waals surface area contributed by atoms with Gasteiger partial charge >= 0.3 is 0 Å². The minimum Gasteiger partial charge on any atom is -0.384 e. The van der Waals surface area contributed by atoms with Gasteiger partial charge in [0.05, 0.1) is 24.8 Å². The lowest BCUT2D eigenvalue weighted by Gasteiger charge is -2.07. The molecular weight excluding hydrogens is 294 g/mol. The van der Waals surface area contributed by atoms with E-state index >= 15 is 0 Å². The van der Waals surface area contributed by atoms with Crippen LogP contribution in [0.15, 0.2) is 18.2 Å². The van der Waals surface area contributed by atoms with Gasteiger partial charge in [0.25, 0.3) is 5.91 Å². The first-order valence-electron chi connectivity index (χ1n) is 6.43. The quantitative estimate of drug-likeness (QED) is 0.584. The number of halogens is 1. The zero-order valence-corrected chi connectivity index (χ0v) is 12.6. The summed E-state index contributed by atoms with van der Waals surface area (Å²) in [6.45, 7) is 1.62. The summed E-state index contributed by atoms with van der Waals surface area (Å²) in [6.07, 6.45) is 0. The Morgan fingerprint density at radius 2 is 2.19 bits per heavy atom. The topological polar surface area (TPSA) is 67.8 Å². The van der Waals surface area contributed by atoms with Gasteiger partial charge in [0.2, 0.25) is 0 Å². The Morgan fingerprint density at radius 1 is 1.38 bits per heavy atom. The summed E-state index contributed by atoms with van der Waals surface area (Å²) in [4.78, 5) is 11.9. The van der Waals surface area contributed by atoms with Crippen LogP contribution in [0.3, 0.4) is 0 Å². The van der Waals surface area contributed by atoms with Crippen LogP contribution in [0.2, 0.25) is 5.02 Å². The third-order valence-electron chi connectivity index (χ3n) is 2.50. The first-order valence-corrected chi connectivity index (χ1v) is 6.81. The molecule has 0 radical (unpaired) electrons. The lowest BCUT2D eigenvalue weighted by molar-refractivity contribution is 0.0692. The van der Waals surface area contributed by atoms with Gasteiger partial charge in [0.15, 0.2) is 0 Å². The van der Waals surface area contributed by atoms with Crippen LogP contribution in [0.25, 0.3) is 0 Å². The smallest absolute Gasteiger partial charge is 0.251 e. The van der Waals surface area contributed by atoms with Crippen molar-refractivity contribution in [3.05, 3.63) is 34.3 Å². The molecule has 1 amide bonds. The summed E-state index contributed by atoms with van der Waals surface area (Å²) in [5.41, 5.74) is 1.02. The Balaban J connectivity index is 2.46. The van der Waals surface area contributed by atoms with Gasteiger partial charge in [-0.15, -0.1) is 0 Å². The van der Waals surface area contributed by atoms with Crippen molar-refractivity contribution >= 4 is 17.5 Å². The van der Waals surface area contributed by atoms with Gasteiger partial charge in [-0.2, -0.15) is 0 Å². The molecule has 0 unspecified atom stereocenters. The molecule has 0 spiro atoms. The highest BCUT2D eigenvalue weighted by Gasteiger charge is 2.07. The van der Waals surface area contributed by atoms with Crippen LogP contribution in [-0.2, 0) is 9.47 Å². The molecule has 0 saturated heterocycles. The molecule has 1 aromatic rings. The zero-order chi connectivity index (χ0) is 15.5. The number of benzene rings is 1. The van der Waals surface area contributed by atoms with E-state index in [-0.39, 0.29) is 12.5 Å². The van der Waals surface area contributed by atoms with Gasteiger partial charge in [-0.1, -0.05) is 23.4 Å². The molecule has 0 aliphatic heterocycles. The lowest BCUT2D eigenvalue weighted by atomic mass is 10.1. The molecule has 5 nitrogen and oxygen atoms in total. The van der Waals surface area contributed by atoms with Crippen molar-refractivity contribution in [1.29, 1.82) is 0 Å². The molecule has 0 bridgehead atoms. The van der Waals surface area contributed by atoms with Crippen molar-refractivity contribution in [1.82, 2.24) is 5.32 Å². The number of methoxy groups -OCH3 is 1. The van der Waals surface area contributed by atoms with Crippen molar-refractivity contribution in [2.45, 2.75) is 0 Å². The number of amides is 1. The van der Waals surface area contributed by atoms with Crippen molar-refractivity contribution in [2.75, 3.05) is 40.1 Å². The van der Waals surface area contributed by atoms with Gasteiger partial charge in [0.1, 0.15) is 6.61 Å². The second-order valence-corrected chi connectivity index (χ2v) is 4.42. The standard InChI is InChI=1S/C15H18ClNO4/c1-20-9-10-21-8-6-17-15(19)13-5-4-12(3-2-7-18)14(16)11-13/h4-5,11,18H,6-10H2,1H3,(H,17,19). The van der Waals surface area contributed by atoms with Crippen molar-refractivity contribution in [2.24, 2.45) is 0 Å². The van der Waals surface area contributed by atoms with Crippen molar-refractivity contribution in [3.63, 3.8) is 0 Å². The molecule has 0 aromatic heterocycles. The maximum Gasteiger partial charge on any atom is 0.251 e. The van der Waals surface area contributed by atoms with Crippen molar-refractivity contribution < 1.29 is 19.4 Å². The summed E-state index contributed by atoms with van der Waals surface area (Å²) in [5.74, 6) is 4.98. The highest BCUT2D eigenvalue weighted by atomic mass is 35.5. The van der Waals surface area contributed by atoms with E-state index in [9.17, 15) is 4.79 Å². The van der Waals surface area contributed by atoms with E-state index in [2.05, 4.69) is 17.2 Å². The van der Waals surface area contributed by atoms with Crippen LogP contribution in [0, 0.1) is 11.8 Å². The van der Waals surface area contributed by atoms with Crippen LogP contribution >= 0.6 is 11.6 Å². The van der Waals surface area contributed by atoms with Gasteiger partial charge < -0.3 is 19.9 Å².